The molecule has 0 aromatic rings. The summed E-state index contributed by atoms with van der Waals surface area (Å²) in [5, 5.41) is 2.71. The summed E-state index contributed by atoms with van der Waals surface area (Å²) in [6.45, 7) is 3.25. The average molecular weight is 197 g/mol. The molecule has 0 radical (unpaired) electrons. The van der Waals surface area contributed by atoms with Gasteiger partial charge in [-0.05, 0) is 6.42 Å². The van der Waals surface area contributed by atoms with Crippen LogP contribution in [0.4, 0.5) is 0 Å². The lowest BCUT2D eigenvalue weighted by Gasteiger charge is -2.23. The summed E-state index contributed by atoms with van der Waals surface area (Å²) in [4.78, 5) is 11.5. The lowest BCUT2D eigenvalue weighted by molar-refractivity contribution is -0.147. The Morgan fingerprint density at radius 2 is 2.50 bits per heavy atom. The number of rotatable bonds is 3. The Hall–Kier alpha value is -1.05. The molecule has 4 nitrogen and oxygen atoms in total. The van der Waals surface area contributed by atoms with Crippen molar-refractivity contribution in [3.63, 3.8) is 0 Å². The van der Waals surface area contributed by atoms with Gasteiger partial charge in [0.1, 0.15) is 0 Å². The minimum Gasteiger partial charge on any atom is -0.376 e. The van der Waals surface area contributed by atoms with Gasteiger partial charge in [0.25, 0.3) is 5.91 Å². The third kappa shape index (κ3) is 3.02. The molecule has 1 aliphatic heterocycles. The van der Waals surface area contributed by atoms with Crippen LogP contribution in [-0.2, 0) is 14.3 Å². The van der Waals surface area contributed by atoms with Gasteiger partial charge in [-0.15, -0.1) is 6.42 Å². The maximum absolute atomic E-state index is 11.5. The maximum atomic E-state index is 11.5. The summed E-state index contributed by atoms with van der Waals surface area (Å²) < 4.78 is 10.3. The number of terminal acetylenes is 1. The Balaban J connectivity index is 2.36. The first-order valence-electron chi connectivity index (χ1n) is 4.73. The van der Waals surface area contributed by atoms with E-state index in [9.17, 15) is 4.79 Å². The minimum absolute atomic E-state index is 0.186. The minimum atomic E-state index is -0.508. The molecule has 2 atom stereocenters. The quantitative estimate of drug-likeness (QED) is 0.644. The Kier molecular flexibility index (Phi) is 4.44. The van der Waals surface area contributed by atoms with Crippen molar-refractivity contribution < 1.29 is 14.3 Å². The Morgan fingerprint density at radius 1 is 1.71 bits per heavy atom. The molecule has 1 fully saturated rings. The van der Waals surface area contributed by atoms with Gasteiger partial charge in [-0.1, -0.05) is 12.8 Å². The van der Waals surface area contributed by atoms with Crippen LogP contribution in [-0.4, -0.2) is 37.9 Å². The predicted molar refractivity (Wildman–Crippen MR) is 51.6 cm³/mol. The van der Waals surface area contributed by atoms with E-state index in [2.05, 4.69) is 11.2 Å². The number of amides is 1. The van der Waals surface area contributed by atoms with Gasteiger partial charge in [0, 0.05) is 0 Å². The van der Waals surface area contributed by atoms with Gasteiger partial charge in [-0.25, -0.2) is 0 Å². The van der Waals surface area contributed by atoms with Gasteiger partial charge >= 0.3 is 0 Å². The molecule has 1 heterocycles. The van der Waals surface area contributed by atoms with Crippen molar-refractivity contribution in [2.45, 2.75) is 25.5 Å². The molecular formula is C10H15NO3. The van der Waals surface area contributed by atoms with Crippen LogP contribution in [0.5, 0.6) is 0 Å². The Bertz CT molecular complexity index is 228. The van der Waals surface area contributed by atoms with E-state index in [0.29, 0.717) is 19.8 Å². The molecule has 1 aliphatic rings. The van der Waals surface area contributed by atoms with E-state index in [1.807, 2.05) is 6.92 Å². The second kappa shape index (κ2) is 5.63. The maximum Gasteiger partial charge on any atom is 0.252 e. The van der Waals surface area contributed by atoms with Crippen molar-refractivity contribution >= 4 is 5.91 Å². The average Bonchev–Trinajstić information content (AvgIpc) is 2.26. The molecule has 0 bridgehead atoms. The van der Waals surface area contributed by atoms with Gasteiger partial charge in [0.2, 0.25) is 0 Å². The normalized spacial score (nSPS) is 23.6. The van der Waals surface area contributed by atoms with Crippen molar-refractivity contribution in [1.29, 1.82) is 0 Å². The van der Waals surface area contributed by atoms with Crippen molar-refractivity contribution in [2.24, 2.45) is 0 Å². The number of carbonyl (C=O) groups is 1. The first-order valence-corrected chi connectivity index (χ1v) is 4.73. The Labute approximate surface area is 84.0 Å². The van der Waals surface area contributed by atoms with Gasteiger partial charge < -0.3 is 14.8 Å². The number of carbonyl (C=O) groups excluding carboxylic acids is 1. The van der Waals surface area contributed by atoms with E-state index >= 15 is 0 Å². The largest absolute Gasteiger partial charge is 0.376 e. The topological polar surface area (TPSA) is 47.6 Å². The van der Waals surface area contributed by atoms with Gasteiger partial charge in [-0.3, -0.25) is 4.79 Å². The molecule has 14 heavy (non-hydrogen) atoms. The smallest absolute Gasteiger partial charge is 0.252 e. The van der Waals surface area contributed by atoms with E-state index in [1.165, 1.54) is 0 Å². The zero-order valence-corrected chi connectivity index (χ0v) is 8.29. The molecule has 0 spiro atoms. The lowest BCUT2D eigenvalue weighted by Crippen LogP contribution is -2.46. The monoisotopic (exact) mass is 197 g/mol. The summed E-state index contributed by atoms with van der Waals surface area (Å²) >= 11 is 0. The van der Waals surface area contributed by atoms with E-state index < -0.39 is 6.10 Å². The fourth-order valence-corrected chi connectivity index (χ4v) is 1.17. The summed E-state index contributed by atoms with van der Waals surface area (Å²) in [7, 11) is 0. The first kappa shape index (κ1) is 11.0. The van der Waals surface area contributed by atoms with Crippen LogP contribution in [0.15, 0.2) is 0 Å². The fraction of sp³-hybridized carbons (Fsp3) is 0.700. The molecule has 0 aromatic heterocycles. The molecular weight excluding hydrogens is 182 g/mol. The molecule has 0 aliphatic carbocycles. The third-order valence-electron chi connectivity index (χ3n) is 2.03. The standard InChI is InChI=1S/C10H15NO3/c1-3-8(4-2)11-10(12)9-7-13-5-6-14-9/h1,8-9H,4-7H2,2H3,(H,11,12). The molecule has 1 amide bonds. The van der Waals surface area contributed by atoms with Crippen LogP contribution in [0.2, 0.25) is 0 Å². The predicted octanol–water partition coefficient (Wildman–Crippen LogP) is -0.0702. The first-order chi connectivity index (χ1) is 6.77. The molecule has 1 saturated heterocycles. The number of nitrogens with one attached hydrogen (secondary N) is 1. The number of hydrogen-bond acceptors (Lipinski definition) is 3. The fourth-order valence-electron chi connectivity index (χ4n) is 1.17. The van der Waals surface area contributed by atoms with E-state index in [4.69, 9.17) is 15.9 Å². The molecule has 78 valence electrons. The van der Waals surface area contributed by atoms with Gasteiger partial charge in [0.05, 0.1) is 25.9 Å². The highest BCUT2D eigenvalue weighted by Gasteiger charge is 2.23. The highest BCUT2D eigenvalue weighted by atomic mass is 16.6. The van der Waals surface area contributed by atoms with Crippen molar-refractivity contribution in [1.82, 2.24) is 5.32 Å². The van der Waals surface area contributed by atoms with E-state index in [1.54, 1.807) is 0 Å². The molecule has 4 heteroatoms. The molecule has 0 saturated carbocycles. The third-order valence-corrected chi connectivity index (χ3v) is 2.03. The van der Waals surface area contributed by atoms with E-state index in [0.717, 1.165) is 6.42 Å². The molecule has 1 rings (SSSR count). The van der Waals surface area contributed by atoms with Gasteiger partial charge in [0.15, 0.2) is 6.10 Å². The second-order valence-electron chi connectivity index (χ2n) is 3.07. The van der Waals surface area contributed by atoms with Crippen LogP contribution in [0.25, 0.3) is 0 Å². The van der Waals surface area contributed by atoms with Crippen LogP contribution in [0.1, 0.15) is 13.3 Å². The SMILES string of the molecule is C#CC(CC)NC(=O)C1COCCO1. The van der Waals surface area contributed by atoms with Crippen molar-refractivity contribution in [2.75, 3.05) is 19.8 Å². The van der Waals surface area contributed by atoms with Crippen LogP contribution in [0, 0.1) is 12.3 Å². The van der Waals surface area contributed by atoms with Crippen molar-refractivity contribution in [3.8, 4) is 12.3 Å². The Morgan fingerprint density at radius 3 is 3.00 bits per heavy atom. The summed E-state index contributed by atoms with van der Waals surface area (Å²) in [5.41, 5.74) is 0. The molecule has 2 unspecified atom stereocenters. The van der Waals surface area contributed by atoms with Crippen LogP contribution in [0.3, 0.4) is 0 Å². The summed E-state index contributed by atoms with van der Waals surface area (Å²) in [5.74, 6) is 2.31. The number of hydrogen-bond donors (Lipinski definition) is 1. The van der Waals surface area contributed by atoms with Gasteiger partial charge in [-0.2, -0.15) is 0 Å². The molecule has 1 N–H and O–H groups in total. The highest BCUT2D eigenvalue weighted by molar-refractivity contribution is 5.81. The van der Waals surface area contributed by atoms with E-state index in [-0.39, 0.29) is 11.9 Å². The zero-order chi connectivity index (χ0) is 10.4. The lowest BCUT2D eigenvalue weighted by atomic mass is 10.2. The summed E-state index contributed by atoms with van der Waals surface area (Å²) in [6, 6.07) is -0.215. The highest BCUT2D eigenvalue weighted by Crippen LogP contribution is 2.01. The van der Waals surface area contributed by atoms with Crippen LogP contribution >= 0.6 is 0 Å². The number of ether oxygens (including phenoxy) is 2. The van der Waals surface area contributed by atoms with Crippen molar-refractivity contribution in [3.05, 3.63) is 0 Å². The zero-order valence-electron chi connectivity index (χ0n) is 8.29. The summed E-state index contributed by atoms with van der Waals surface area (Å²) in [6.07, 6.45) is 5.43. The van der Waals surface area contributed by atoms with Crippen LogP contribution < -0.4 is 5.32 Å². The second-order valence-corrected chi connectivity index (χ2v) is 3.07. The molecule has 0 aromatic carbocycles.